The highest BCUT2D eigenvalue weighted by Crippen LogP contribution is 2.44. The predicted octanol–water partition coefficient (Wildman–Crippen LogP) is -1.96. The van der Waals surface area contributed by atoms with Gasteiger partial charge in [-0.3, -0.25) is 14.4 Å². The largest absolute Gasteiger partial charge is 0.460 e. The third-order valence-electron chi connectivity index (χ3n) is 9.77. The molecule has 2 aromatic carbocycles. The van der Waals surface area contributed by atoms with E-state index in [1.165, 1.54) is 6.08 Å². The molecule has 2 saturated heterocycles. The zero-order valence-corrected chi connectivity index (χ0v) is 31.2. The molecule has 0 spiro atoms. The van der Waals surface area contributed by atoms with Crippen molar-refractivity contribution in [2.75, 3.05) is 26.4 Å². The van der Waals surface area contributed by atoms with Crippen molar-refractivity contribution in [1.29, 1.82) is 0 Å². The molecule has 0 bridgehead atoms. The number of hydrogen-bond donors (Lipinski definition) is 9. The van der Waals surface area contributed by atoms with E-state index in [0.717, 1.165) is 36.1 Å². The maximum Gasteiger partial charge on any atom is 0.407 e. The first-order valence-electron chi connectivity index (χ1n) is 18.2. The number of carbonyl (C=O) groups is 5. The number of hydrogen-bond acceptors (Lipinski definition) is 15. The van der Waals surface area contributed by atoms with Crippen molar-refractivity contribution in [3.63, 3.8) is 0 Å². The fourth-order valence-corrected chi connectivity index (χ4v) is 7.15. The van der Waals surface area contributed by atoms with Gasteiger partial charge in [0.15, 0.2) is 12.5 Å². The number of esters is 1. The molecule has 19 nitrogen and oxygen atoms in total. The zero-order chi connectivity index (χ0) is 41.4. The molecule has 3 aliphatic rings. The molecule has 0 aromatic heterocycles. The Labute approximate surface area is 327 Å². The molecule has 9 N–H and O–H groups in total. The van der Waals surface area contributed by atoms with Crippen LogP contribution in [0.15, 0.2) is 61.2 Å². The van der Waals surface area contributed by atoms with Gasteiger partial charge in [0.05, 0.1) is 19.6 Å². The van der Waals surface area contributed by atoms with E-state index in [2.05, 4.69) is 27.8 Å². The van der Waals surface area contributed by atoms with E-state index in [1.807, 2.05) is 48.5 Å². The Morgan fingerprint density at radius 2 is 1.39 bits per heavy atom. The average molecular weight is 801 g/mol. The summed E-state index contributed by atoms with van der Waals surface area (Å²) >= 11 is 0. The molecule has 310 valence electrons. The lowest BCUT2D eigenvalue weighted by Gasteiger charge is -2.48. The molecular formula is C38H48N4O15. The molecule has 11 atom stereocenters. The number of alkyl carbamates (subject to hydrolysis) is 1. The van der Waals surface area contributed by atoms with Crippen molar-refractivity contribution >= 4 is 29.8 Å². The molecular weight excluding hydrogens is 752 g/mol. The maximum absolute atomic E-state index is 13.5. The minimum absolute atomic E-state index is 0.0872. The molecule has 0 saturated carbocycles. The van der Waals surface area contributed by atoms with E-state index >= 15 is 0 Å². The molecule has 4 amide bonds. The number of nitrogens with one attached hydrogen (secondary N) is 4. The number of rotatable bonds is 15. The summed E-state index contributed by atoms with van der Waals surface area (Å²) in [7, 11) is 0. The zero-order valence-electron chi connectivity index (χ0n) is 31.2. The molecule has 2 aliphatic heterocycles. The van der Waals surface area contributed by atoms with E-state index in [4.69, 9.17) is 23.7 Å². The first kappa shape index (κ1) is 43.1. The van der Waals surface area contributed by atoms with Gasteiger partial charge >= 0.3 is 12.1 Å². The maximum atomic E-state index is 13.5. The van der Waals surface area contributed by atoms with Crippen molar-refractivity contribution in [3.05, 3.63) is 72.3 Å². The van der Waals surface area contributed by atoms with Gasteiger partial charge in [-0.2, -0.15) is 0 Å². The van der Waals surface area contributed by atoms with E-state index in [1.54, 1.807) is 0 Å². The molecule has 0 radical (unpaired) electrons. The second-order valence-corrected chi connectivity index (χ2v) is 13.7. The first-order chi connectivity index (χ1) is 27.3. The van der Waals surface area contributed by atoms with Crippen LogP contribution in [-0.4, -0.2) is 149 Å². The Balaban J connectivity index is 1.28. The Morgan fingerprint density at radius 1 is 0.789 bits per heavy atom. The Kier molecular flexibility index (Phi) is 14.7. The molecule has 0 unspecified atom stereocenters. The number of benzene rings is 2. The van der Waals surface area contributed by atoms with Crippen molar-refractivity contribution in [3.8, 4) is 11.1 Å². The van der Waals surface area contributed by atoms with Gasteiger partial charge in [0.2, 0.25) is 17.7 Å². The van der Waals surface area contributed by atoms with Crippen LogP contribution < -0.4 is 21.3 Å². The van der Waals surface area contributed by atoms with Gasteiger partial charge in [-0.1, -0.05) is 61.2 Å². The number of aliphatic hydroxyl groups excluding tert-OH is 5. The van der Waals surface area contributed by atoms with Gasteiger partial charge in [-0.25, -0.2) is 9.59 Å². The van der Waals surface area contributed by atoms with Crippen LogP contribution in [-0.2, 0) is 42.9 Å². The number of amides is 4. The van der Waals surface area contributed by atoms with Crippen LogP contribution >= 0.6 is 0 Å². The highest BCUT2D eigenvalue weighted by atomic mass is 16.7. The predicted molar refractivity (Wildman–Crippen MR) is 196 cm³/mol. The third-order valence-corrected chi connectivity index (χ3v) is 9.77. The fraction of sp³-hybridized carbons (Fsp3) is 0.500. The highest BCUT2D eigenvalue weighted by molar-refractivity contribution is 5.88. The fourth-order valence-electron chi connectivity index (χ4n) is 7.15. The van der Waals surface area contributed by atoms with Crippen LogP contribution in [0.3, 0.4) is 0 Å². The Hall–Kier alpha value is -4.99. The lowest BCUT2D eigenvalue weighted by Crippen LogP contribution is -2.71. The topological polar surface area (TPSA) is 281 Å². The van der Waals surface area contributed by atoms with E-state index in [0.29, 0.717) is 0 Å². The summed E-state index contributed by atoms with van der Waals surface area (Å²) in [6.45, 7) is 3.80. The second kappa shape index (κ2) is 19.4. The van der Waals surface area contributed by atoms with Crippen molar-refractivity contribution in [2.24, 2.45) is 0 Å². The molecule has 2 heterocycles. The smallest absolute Gasteiger partial charge is 0.407 e. The summed E-state index contributed by atoms with van der Waals surface area (Å²) in [5, 5.41) is 62.2. The number of aliphatic hydroxyl groups is 5. The molecule has 1 aliphatic carbocycles. The van der Waals surface area contributed by atoms with Gasteiger partial charge in [-0.05, 0) is 22.3 Å². The lowest BCUT2D eigenvalue weighted by atomic mass is 9.94. The van der Waals surface area contributed by atoms with Crippen LogP contribution in [0.5, 0.6) is 0 Å². The van der Waals surface area contributed by atoms with Gasteiger partial charge in [0, 0.05) is 19.8 Å². The third kappa shape index (κ3) is 10.1. The standard InChI is InChI=1S/C38H48N4O15/c1-4-13-53-36(51)25(41-38(52)54-17-24-22-11-7-5-9-20(22)21-10-6-8-12-23(21)24)14-28(47)42-35-29(39-18(2)45)33(50)34(27(16-44)55-35)57-37-30(40-19(3)46)32(49)31(48)26(15-43)56-37/h4-12,24-27,29-35,37,43-44,48-50H,1,13-17H2,2-3H3,(H,39,45)(H,40,46)(H,41,52)(H,42,47)/t25-,26+,27+,29+,30+,31+,32+,33+,34+,35+,37-/m0/s1. The highest BCUT2D eigenvalue weighted by Gasteiger charge is 2.52. The SMILES string of the molecule is C=CCOC(=O)[C@H](CC(=O)N[C@@H]1O[C@H](CO)[C@@H](O[C@@H]2O[C@H](CO)[C@@H](O)[C@H](O)[C@H]2NC(C)=O)[C@H](O)[C@H]1NC(C)=O)NC(=O)OCC1c2ccccc2-c2ccccc21. The molecule has 2 fully saturated rings. The number of fused-ring (bicyclic) bond motifs is 3. The van der Waals surface area contributed by atoms with Crippen molar-refractivity contribution < 1.29 is 73.2 Å². The molecule has 2 aromatic rings. The lowest BCUT2D eigenvalue weighted by molar-refractivity contribution is -0.315. The summed E-state index contributed by atoms with van der Waals surface area (Å²) in [5.74, 6) is -3.56. The van der Waals surface area contributed by atoms with Crippen LogP contribution in [0, 0.1) is 0 Å². The number of ether oxygens (including phenoxy) is 5. The summed E-state index contributed by atoms with van der Waals surface area (Å²) < 4.78 is 28.0. The normalized spacial score (nSPS) is 28.5. The average Bonchev–Trinajstić information content (AvgIpc) is 3.50. The van der Waals surface area contributed by atoms with Crippen LogP contribution in [0.4, 0.5) is 4.79 Å². The quantitative estimate of drug-likeness (QED) is 0.0699. The first-order valence-corrected chi connectivity index (χ1v) is 18.2. The van der Waals surface area contributed by atoms with E-state index in [9.17, 15) is 49.5 Å². The Morgan fingerprint density at radius 3 is 1.96 bits per heavy atom. The minimum atomic E-state index is -1.78. The number of carbonyl (C=O) groups excluding carboxylic acids is 5. The monoisotopic (exact) mass is 800 g/mol. The van der Waals surface area contributed by atoms with Gasteiger partial charge in [0.1, 0.15) is 68.0 Å². The van der Waals surface area contributed by atoms with Gasteiger partial charge in [-0.15, -0.1) is 0 Å². The van der Waals surface area contributed by atoms with E-state index in [-0.39, 0.29) is 19.1 Å². The van der Waals surface area contributed by atoms with Gasteiger partial charge in [0.25, 0.3) is 0 Å². The summed E-state index contributed by atoms with van der Waals surface area (Å²) in [4.78, 5) is 63.9. The van der Waals surface area contributed by atoms with Crippen molar-refractivity contribution in [2.45, 2.75) is 93.5 Å². The van der Waals surface area contributed by atoms with Crippen LogP contribution in [0.2, 0.25) is 0 Å². The second-order valence-electron chi connectivity index (χ2n) is 13.7. The minimum Gasteiger partial charge on any atom is -0.460 e. The van der Waals surface area contributed by atoms with Crippen molar-refractivity contribution in [1.82, 2.24) is 21.3 Å². The summed E-state index contributed by atoms with van der Waals surface area (Å²) in [6, 6.07) is 10.9. The Bertz CT molecular complexity index is 1730. The van der Waals surface area contributed by atoms with Gasteiger partial charge < -0.3 is 70.5 Å². The molecule has 5 rings (SSSR count). The summed E-state index contributed by atoms with van der Waals surface area (Å²) in [5.41, 5.74) is 3.91. The van der Waals surface area contributed by atoms with Crippen LogP contribution in [0.1, 0.15) is 37.3 Å². The molecule has 57 heavy (non-hydrogen) atoms. The molecule has 19 heteroatoms. The summed E-state index contributed by atoms with van der Waals surface area (Å²) in [6.07, 6.45) is -13.2. The van der Waals surface area contributed by atoms with E-state index < -0.39 is 117 Å². The van der Waals surface area contributed by atoms with Crippen LogP contribution in [0.25, 0.3) is 11.1 Å².